The van der Waals surface area contributed by atoms with Crippen molar-refractivity contribution in [2.45, 2.75) is 95.4 Å². The highest BCUT2D eigenvalue weighted by Crippen LogP contribution is 2.47. The number of aliphatic carboxylic acids is 1. The molecule has 1 aliphatic carbocycles. The van der Waals surface area contributed by atoms with Crippen LogP contribution in [0.2, 0.25) is 0 Å². The summed E-state index contributed by atoms with van der Waals surface area (Å²) in [6, 6.07) is 16.5. The molecule has 5 N–H and O–H groups in total. The van der Waals surface area contributed by atoms with Crippen LogP contribution in [0.25, 0.3) is 4.91 Å². The Kier molecular flexibility index (Phi) is 13.6. The molecular weight excluding hydrogens is 729 g/mol. The summed E-state index contributed by atoms with van der Waals surface area (Å²) in [6.45, 7) is 5.62. The van der Waals surface area contributed by atoms with Crippen LogP contribution < -0.4 is 15.8 Å². The van der Waals surface area contributed by atoms with Gasteiger partial charge in [0.05, 0.1) is 16.0 Å². The van der Waals surface area contributed by atoms with E-state index in [-0.39, 0.29) is 17.4 Å². The summed E-state index contributed by atoms with van der Waals surface area (Å²) in [7, 11) is -3.83. The van der Waals surface area contributed by atoms with E-state index in [1.165, 1.54) is 0 Å². The second kappa shape index (κ2) is 16.6. The van der Waals surface area contributed by atoms with Crippen LogP contribution in [0, 0.1) is 0 Å². The molecule has 4 rings (SSSR count). The first kappa shape index (κ1) is 40.2. The highest BCUT2D eigenvalue weighted by molar-refractivity contribution is 9.10. The van der Waals surface area contributed by atoms with E-state index in [1.807, 2.05) is 55.5 Å². The molecule has 2 aromatic rings. The molecule has 2 aliphatic rings. The summed E-state index contributed by atoms with van der Waals surface area (Å²) in [5.74, 6) is -3.40. The van der Waals surface area contributed by atoms with Crippen LogP contribution >= 0.6 is 15.9 Å². The molecule has 49 heavy (non-hydrogen) atoms. The molecule has 15 heteroatoms. The highest BCUT2D eigenvalue weighted by atomic mass is 79.9. The van der Waals surface area contributed by atoms with Crippen LogP contribution in [-0.4, -0.2) is 72.6 Å². The quantitative estimate of drug-likeness (QED) is 0.234. The first-order valence-electron chi connectivity index (χ1n) is 16.1. The SMILES string of the molecule is CCN(CC1=C(c2ccccc2Br)S(=O)(=O)NC12CCCCC2)C(=O)[C@@H](CCCc1ccccc1)NC(=O)C(C)(C)N.O=C(O)C(F)(F)F. The molecule has 2 amide bonds. The predicted molar refractivity (Wildman–Crippen MR) is 184 cm³/mol. The number of carbonyl (C=O) groups excluding carboxylic acids is 2. The van der Waals surface area contributed by atoms with E-state index < -0.39 is 45.2 Å². The van der Waals surface area contributed by atoms with E-state index in [4.69, 9.17) is 15.6 Å². The molecule has 1 fully saturated rings. The van der Waals surface area contributed by atoms with E-state index in [2.05, 4.69) is 26.0 Å². The van der Waals surface area contributed by atoms with Crippen molar-refractivity contribution >= 4 is 48.6 Å². The topological polar surface area (TPSA) is 159 Å². The normalized spacial score (nSPS) is 17.6. The van der Waals surface area contributed by atoms with E-state index in [1.54, 1.807) is 24.8 Å². The number of benzene rings is 2. The predicted octanol–water partition coefficient (Wildman–Crippen LogP) is 5.52. The Morgan fingerprint density at radius 3 is 2.14 bits per heavy atom. The summed E-state index contributed by atoms with van der Waals surface area (Å²) >= 11 is 3.56. The Bertz CT molecular complexity index is 1620. The smallest absolute Gasteiger partial charge is 0.475 e. The van der Waals surface area contributed by atoms with Gasteiger partial charge in [0.25, 0.3) is 0 Å². The summed E-state index contributed by atoms with van der Waals surface area (Å²) in [4.78, 5) is 38.0. The van der Waals surface area contributed by atoms with Crippen molar-refractivity contribution in [1.29, 1.82) is 0 Å². The van der Waals surface area contributed by atoms with Crippen molar-refractivity contribution in [2.24, 2.45) is 5.73 Å². The molecule has 0 unspecified atom stereocenters. The summed E-state index contributed by atoms with van der Waals surface area (Å²) < 4.78 is 62.9. The number of amides is 2. The molecule has 0 radical (unpaired) electrons. The standard InChI is InChI=1S/C32H43BrN4O4S.C2HF3O2/c1-4-37(29(38)27(35-30(39)31(2,3)34)19-13-16-23-14-7-5-8-15-23)22-25-28(24-17-9-10-18-26(24)33)42(40,41)36-32(25)20-11-6-12-21-32;3-2(4,5)1(6)7/h5,7-10,14-15,17-18,27,36H,4,6,11-13,16,19-22,34H2,1-3H3,(H,35,39);(H,6,7)/t27-;/m1./s1. The third-order valence-electron chi connectivity index (χ3n) is 8.55. The monoisotopic (exact) mass is 772 g/mol. The van der Waals surface area contributed by atoms with Gasteiger partial charge in [-0.2, -0.15) is 13.2 Å². The second-order valence-corrected chi connectivity index (χ2v) is 15.3. The number of nitrogens with zero attached hydrogens (tertiary/aromatic N) is 1. The van der Waals surface area contributed by atoms with Crippen LogP contribution in [0.3, 0.4) is 0 Å². The molecule has 1 aliphatic heterocycles. The zero-order chi connectivity index (χ0) is 36.6. The number of aryl methyl sites for hydroxylation is 1. The van der Waals surface area contributed by atoms with Gasteiger partial charge >= 0.3 is 12.1 Å². The number of carboxylic acids is 1. The van der Waals surface area contributed by atoms with Gasteiger partial charge in [-0.25, -0.2) is 17.9 Å². The molecule has 1 heterocycles. The lowest BCUT2D eigenvalue weighted by Gasteiger charge is -2.38. The van der Waals surface area contributed by atoms with Gasteiger partial charge in [0, 0.05) is 23.1 Å². The van der Waals surface area contributed by atoms with Crippen molar-refractivity contribution < 1.29 is 41.1 Å². The first-order chi connectivity index (χ1) is 22.8. The number of sulfonamides is 1. The third kappa shape index (κ3) is 10.6. The van der Waals surface area contributed by atoms with E-state index >= 15 is 0 Å². The largest absolute Gasteiger partial charge is 0.490 e. The summed E-state index contributed by atoms with van der Waals surface area (Å²) in [5.41, 5.74) is 6.66. The number of carboxylic acid groups (broad SMARTS) is 1. The second-order valence-electron chi connectivity index (χ2n) is 12.8. The Morgan fingerprint density at radius 2 is 1.61 bits per heavy atom. The number of nitrogens with two attached hydrogens (primary N) is 1. The van der Waals surface area contributed by atoms with Gasteiger partial charge in [0.2, 0.25) is 21.8 Å². The number of likely N-dealkylation sites (N-methyl/N-ethyl adjacent to an activating group) is 1. The van der Waals surface area contributed by atoms with Crippen LogP contribution in [-0.2, 0) is 30.8 Å². The molecule has 1 atom stereocenters. The molecule has 0 bridgehead atoms. The minimum absolute atomic E-state index is 0.148. The lowest BCUT2D eigenvalue weighted by Crippen LogP contribution is -2.57. The molecule has 0 saturated heterocycles. The Labute approximate surface area is 293 Å². The van der Waals surface area contributed by atoms with E-state index in [0.717, 1.165) is 36.8 Å². The zero-order valence-electron chi connectivity index (χ0n) is 27.8. The molecule has 10 nitrogen and oxygen atoms in total. The van der Waals surface area contributed by atoms with Crippen LogP contribution in [0.15, 0.2) is 64.6 Å². The van der Waals surface area contributed by atoms with Gasteiger partial charge < -0.3 is 21.1 Å². The fourth-order valence-electron chi connectivity index (χ4n) is 6.00. The van der Waals surface area contributed by atoms with Gasteiger partial charge in [-0.1, -0.05) is 83.7 Å². The average molecular weight is 774 g/mol. The summed E-state index contributed by atoms with van der Waals surface area (Å²) in [5, 5.41) is 10.0. The number of hydrogen-bond donors (Lipinski definition) is 4. The maximum atomic E-state index is 14.2. The number of rotatable bonds is 11. The highest BCUT2D eigenvalue weighted by Gasteiger charge is 2.50. The summed E-state index contributed by atoms with van der Waals surface area (Å²) in [6.07, 6.45) is 1.01. The third-order valence-corrected chi connectivity index (χ3v) is 10.9. The Morgan fingerprint density at radius 1 is 1.04 bits per heavy atom. The fourth-order valence-corrected chi connectivity index (χ4v) is 8.61. The Balaban J connectivity index is 0.000000838. The average Bonchev–Trinajstić information content (AvgIpc) is 3.23. The van der Waals surface area contributed by atoms with Gasteiger partial charge in [-0.05, 0) is 70.1 Å². The lowest BCUT2D eigenvalue weighted by molar-refractivity contribution is -0.192. The number of alkyl halides is 3. The number of halogens is 4. The lowest BCUT2D eigenvalue weighted by atomic mass is 9.76. The molecule has 1 saturated carbocycles. The maximum Gasteiger partial charge on any atom is 0.490 e. The van der Waals surface area contributed by atoms with Crippen LogP contribution in [0.1, 0.15) is 76.8 Å². The van der Waals surface area contributed by atoms with Crippen molar-refractivity contribution in [3.8, 4) is 0 Å². The van der Waals surface area contributed by atoms with Gasteiger partial charge in [-0.15, -0.1) is 0 Å². The minimum Gasteiger partial charge on any atom is -0.475 e. The van der Waals surface area contributed by atoms with Crippen molar-refractivity contribution in [3.63, 3.8) is 0 Å². The van der Waals surface area contributed by atoms with Gasteiger partial charge in [0.15, 0.2) is 0 Å². The van der Waals surface area contributed by atoms with Crippen molar-refractivity contribution in [3.05, 3.63) is 75.8 Å². The fraction of sp³-hybridized carbons (Fsp3) is 0.500. The zero-order valence-corrected chi connectivity index (χ0v) is 30.2. The van der Waals surface area contributed by atoms with Crippen LogP contribution in [0.4, 0.5) is 13.2 Å². The molecule has 270 valence electrons. The molecule has 0 aromatic heterocycles. The van der Waals surface area contributed by atoms with Gasteiger partial charge in [-0.3, -0.25) is 9.59 Å². The number of hydrogen-bond acceptors (Lipinski definition) is 6. The van der Waals surface area contributed by atoms with Gasteiger partial charge in [0.1, 0.15) is 6.04 Å². The molecular formula is C34H44BrF3N4O6S. The van der Waals surface area contributed by atoms with E-state index in [0.29, 0.717) is 42.3 Å². The van der Waals surface area contributed by atoms with Crippen molar-refractivity contribution in [1.82, 2.24) is 14.9 Å². The Hall–Kier alpha value is -3.27. The number of carbonyl (C=O) groups is 3. The molecule has 1 spiro atoms. The molecule has 2 aromatic carbocycles. The van der Waals surface area contributed by atoms with Crippen LogP contribution in [0.5, 0.6) is 0 Å². The van der Waals surface area contributed by atoms with Crippen molar-refractivity contribution in [2.75, 3.05) is 13.1 Å². The first-order valence-corrected chi connectivity index (χ1v) is 18.3. The number of nitrogens with one attached hydrogen (secondary N) is 2. The van der Waals surface area contributed by atoms with E-state index in [9.17, 15) is 31.2 Å². The maximum absolute atomic E-state index is 14.2. The minimum atomic E-state index is -5.08.